The van der Waals surface area contributed by atoms with E-state index in [-0.39, 0.29) is 11.3 Å². The first kappa shape index (κ1) is 15.4. The molecule has 1 fully saturated rings. The van der Waals surface area contributed by atoms with Crippen molar-refractivity contribution < 1.29 is 23.0 Å². The van der Waals surface area contributed by atoms with Gasteiger partial charge in [0.05, 0.1) is 14.2 Å². The number of rotatable bonds is 5. The molecule has 0 bridgehead atoms. The Kier molecular flexibility index (Phi) is 4.01. The maximum Gasteiger partial charge on any atom is 0.270 e. The molecule has 2 rings (SSSR count). The van der Waals surface area contributed by atoms with Crippen LogP contribution in [-0.4, -0.2) is 20.3 Å². The van der Waals surface area contributed by atoms with Gasteiger partial charge in [0.15, 0.2) is 11.5 Å². The van der Waals surface area contributed by atoms with E-state index < -0.39 is 11.5 Å². The van der Waals surface area contributed by atoms with Gasteiger partial charge in [-0.1, -0.05) is 0 Å². The third-order valence-corrected chi connectivity index (χ3v) is 3.93. The molecule has 1 aliphatic carbocycles. The van der Waals surface area contributed by atoms with Gasteiger partial charge >= 0.3 is 0 Å². The lowest BCUT2D eigenvalue weighted by Gasteiger charge is -2.38. The van der Waals surface area contributed by atoms with Crippen LogP contribution in [0.15, 0.2) is 17.1 Å². The molecule has 0 unspecified atom stereocenters. The first-order chi connectivity index (χ1) is 9.88. The first-order valence-electron chi connectivity index (χ1n) is 6.62. The molecular formula is C15H17F2NO3. The molecule has 0 spiro atoms. The molecule has 0 amide bonds. The highest BCUT2D eigenvalue weighted by Crippen LogP contribution is 2.51. The van der Waals surface area contributed by atoms with Crippen molar-refractivity contribution in [2.45, 2.75) is 37.6 Å². The molecule has 0 atom stereocenters. The highest BCUT2D eigenvalue weighted by molar-refractivity contribution is 5.55. The summed E-state index contributed by atoms with van der Waals surface area (Å²) in [6.45, 7) is 0.814. The summed E-state index contributed by atoms with van der Waals surface area (Å²) < 4.78 is 37.8. The molecule has 1 saturated carbocycles. The number of hydrogen-bond donors (Lipinski definition) is 0. The Labute approximate surface area is 121 Å². The van der Waals surface area contributed by atoms with E-state index in [1.807, 2.05) is 0 Å². The number of ether oxygens (including phenoxy) is 2. The van der Waals surface area contributed by atoms with Gasteiger partial charge in [0.25, 0.3) is 5.92 Å². The lowest BCUT2D eigenvalue weighted by atomic mass is 9.71. The predicted molar refractivity (Wildman–Crippen MR) is 72.8 cm³/mol. The second-order valence-electron chi connectivity index (χ2n) is 5.24. The van der Waals surface area contributed by atoms with Crippen LogP contribution >= 0.6 is 0 Å². The van der Waals surface area contributed by atoms with E-state index in [2.05, 4.69) is 4.99 Å². The Bertz CT molecular complexity index is 585. The van der Waals surface area contributed by atoms with E-state index in [1.165, 1.54) is 26.4 Å². The van der Waals surface area contributed by atoms with Gasteiger partial charge in [0.2, 0.25) is 6.08 Å². The fourth-order valence-corrected chi connectivity index (χ4v) is 2.60. The number of aliphatic imine (C=N–C) groups is 1. The van der Waals surface area contributed by atoms with Gasteiger partial charge in [0.1, 0.15) is 5.54 Å². The third-order valence-electron chi connectivity index (χ3n) is 3.93. The molecule has 1 aromatic carbocycles. The highest BCUT2D eigenvalue weighted by Gasteiger charge is 2.43. The molecule has 1 aliphatic rings. The largest absolute Gasteiger partial charge is 0.493 e. The summed E-state index contributed by atoms with van der Waals surface area (Å²) in [7, 11) is 2.82. The van der Waals surface area contributed by atoms with E-state index >= 15 is 0 Å². The first-order valence-corrected chi connectivity index (χ1v) is 6.62. The summed E-state index contributed by atoms with van der Waals surface area (Å²) in [6.07, 6.45) is 3.61. The van der Waals surface area contributed by atoms with Crippen molar-refractivity contribution in [2.24, 2.45) is 4.99 Å². The van der Waals surface area contributed by atoms with Crippen molar-refractivity contribution in [1.29, 1.82) is 0 Å². The van der Waals surface area contributed by atoms with Gasteiger partial charge in [-0.2, -0.15) is 4.99 Å². The normalized spacial score (nSPS) is 16.6. The fourth-order valence-electron chi connectivity index (χ4n) is 2.60. The lowest BCUT2D eigenvalue weighted by molar-refractivity contribution is 0.0169. The van der Waals surface area contributed by atoms with E-state index in [9.17, 15) is 13.6 Å². The van der Waals surface area contributed by atoms with E-state index in [4.69, 9.17) is 9.47 Å². The average Bonchev–Trinajstić information content (AvgIpc) is 2.40. The molecule has 0 aliphatic heterocycles. The molecule has 0 saturated heterocycles. The summed E-state index contributed by atoms with van der Waals surface area (Å²) in [6, 6.07) is 2.60. The molecule has 21 heavy (non-hydrogen) atoms. The minimum Gasteiger partial charge on any atom is -0.493 e. The van der Waals surface area contributed by atoms with Crippen LogP contribution in [0.2, 0.25) is 0 Å². The number of hydrogen-bond acceptors (Lipinski definition) is 4. The van der Waals surface area contributed by atoms with Crippen LogP contribution in [0.1, 0.15) is 37.3 Å². The number of alkyl halides is 2. The monoisotopic (exact) mass is 297 g/mol. The maximum absolute atomic E-state index is 13.7. The zero-order valence-electron chi connectivity index (χ0n) is 12.2. The van der Waals surface area contributed by atoms with Gasteiger partial charge < -0.3 is 9.47 Å². The van der Waals surface area contributed by atoms with Crippen LogP contribution in [0.3, 0.4) is 0 Å². The second kappa shape index (κ2) is 5.45. The topological polar surface area (TPSA) is 47.9 Å². The lowest BCUT2D eigenvalue weighted by Crippen LogP contribution is -2.33. The van der Waals surface area contributed by atoms with Crippen molar-refractivity contribution in [1.82, 2.24) is 0 Å². The number of methoxy groups -OCH3 is 2. The Balaban J connectivity index is 2.70. The standard InChI is InChI=1S/C15H17F2NO3/c1-14(16,17)10-7-11(13(21-3)12(8-10)20-2)15(18-9-19)5-4-6-15/h7-8H,4-6H2,1-3H3. The molecule has 0 radical (unpaired) electrons. The predicted octanol–water partition coefficient (Wildman–Crippen LogP) is 3.53. The van der Waals surface area contributed by atoms with Crippen molar-refractivity contribution >= 4 is 6.08 Å². The number of benzene rings is 1. The number of nitrogens with zero attached hydrogens (tertiary/aromatic N) is 1. The smallest absolute Gasteiger partial charge is 0.270 e. The van der Waals surface area contributed by atoms with Crippen LogP contribution in [0.5, 0.6) is 11.5 Å². The SMILES string of the molecule is COc1cc(C(C)(F)F)cc(C2(N=C=O)CCC2)c1OC. The fraction of sp³-hybridized carbons (Fsp3) is 0.533. The molecule has 6 heteroatoms. The number of isocyanates is 1. The molecular weight excluding hydrogens is 280 g/mol. The molecule has 114 valence electrons. The van der Waals surface area contributed by atoms with Gasteiger partial charge in [0, 0.05) is 18.1 Å². The molecule has 1 aromatic rings. The van der Waals surface area contributed by atoms with Gasteiger partial charge in [-0.25, -0.2) is 13.6 Å². The van der Waals surface area contributed by atoms with Gasteiger partial charge in [-0.05, 0) is 31.4 Å². The van der Waals surface area contributed by atoms with Crippen molar-refractivity contribution in [3.63, 3.8) is 0 Å². The summed E-state index contributed by atoms with van der Waals surface area (Å²) in [4.78, 5) is 14.6. The van der Waals surface area contributed by atoms with Crippen LogP contribution in [0.4, 0.5) is 8.78 Å². The second-order valence-corrected chi connectivity index (χ2v) is 5.24. The van der Waals surface area contributed by atoms with Crippen LogP contribution in [0.25, 0.3) is 0 Å². The third kappa shape index (κ3) is 2.63. The molecule has 0 aromatic heterocycles. The summed E-state index contributed by atoms with van der Waals surface area (Å²) in [5.74, 6) is -2.48. The van der Waals surface area contributed by atoms with Crippen molar-refractivity contribution in [3.8, 4) is 11.5 Å². The minimum atomic E-state index is -3.02. The Morgan fingerprint density at radius 2 is 1.95 bits per heavy atom. The molecule has 0 heterocycles. The zero-order chi connectivity index (χ0) is 15.7. The van der Waals surface area contributed by atoms with Gasteiger partial charge in [-0.15, -0.1) is 0 Å². The van der Waals surface area contributed by atoms with E-state index in [0.29, 0.717) is 24.2 Å². The average molecular weight is 297 g/mol. The Morgan fingerprint density at radius 1 is 1.29 bits per heavy atom. The van der Waals surface area contributed by atoms with Crippen LogP contribution < -0.4 is 9.47 Å². The number of carbonyl (C=O) groups excluding carboxylic acids is 1. The van der Waals surface area contributed by atoms with E-state index in [1.54, 1.807) is 6.08 Å². The minimum absolute atomic E-state index is 0.192. The summed E-state index contributed by atoms with van der Waals surface area (Å²) >= 11 is 0. The van der Waals surface area contributed by atoms with Crippen molar-refractivity contribution in [2.75, 3.05) is 14.2 Å². The summed E-state index contributed by atoms with van der Waals surface area (Å²) in [5.41, 5.74) is -0.570. The number of halogens is 2. The van der Waals surface area contributed by atoms with Gasteiger partial charge in [-0.3, -0.25) is 0 Å². The van der Waals surface area contributed by atoms with Crippen LogP contribution in [0, 0.1) is 0 Å². The van der Waals surface area contributed by atoms with E-state index in [0.717, 1.165) is 13.3 Å². The Hall–Kier alpha value is -1.94. The van der Waals surface area contributed by atoms with Crippen LogP contribution in [-0.2, 0) is 16.3 Å². The molecule has 4 nitrogen and oxygen atoms in total. The quantitative estimate of drug-likeness (QED) is 0.617. The van der Waals surface area contributed by atoms with Crippen molar-refractivity contribution in [3.05, 3.63) is 23.3 Å². The summed E-state index contributed by atoms with van der Waals surface area (Å²) in [5, 5.41) is 0. The molecule has 0 N–H and O–H groups in total. The highest BCUT2D eigenvalue weighted by atomic mass is 19.3. The zero-order valence-corrected chi connectivity index (χ0v) is 12.2. The maximum atomic E-state index is 13.7. The Morgan fingerprint density at radius 3 is 2.33 bits per heavy atom.